The Labute approximate surface area is 122 Å². The lowest BCUT2D eigenvalue weighted by Crippen LogP contribution is -2.48. The SMILES string of the molecule is NC(=NO)C1CN(Cc2ccc3ncccc3c2)CCO1. The van der Waals surface area contributed by atoms with E-state index in [0.29, 0.717) is 13.2 Å². The molecule has 1 aromatic heterocycles. The van der Waals surface area contributed by atoms with Crippen LogP contribution in [0.3, 0.4) is 0 Å². The van der Waals surface area contributed by atoms with Crippen LogP contribution in [0, 0.1) is 0 Å². The lowest BCUT2D eigenvalue weighted by atomic mass is 10.1. The molecule has 3 N–H and O–H groups in total. The Hall–Kier alpha value is -2.18. The third-order valence-corrected chi connectivity index (χ3v) is 3.67. The Balaban J connectivity index is 1.72. The van der Waals surface area contributed by atoms with Crippen molar-refractivity contribution in [2.45, 2.75) is 12.6 Å². The predicted molar refractivity (Wildman–Crippen MR) is 80.2 cm³/mol. The molecule has 0 spiro atoms. The Bertz CT molecular complexity index is 659. The first-order valence-corrected chi connectivity index (χ1v) is 6.91. The van der Waals surface area contributed by atoms with Gasteiger partial charge in [-0.1, -0.05) is 17.3 Å². The molecule has 1 atom stereocenters. The molecular weight excluding hydrogens is 268 g/mol. The second kappa shape index (κ2) is 6.07. The summed E-state index contributed by atoms with van der Waals surface area (Å²) in [6, 6.07) is 10.3. The highest BCUT2D eigenvalue weighted by molar-refractivity contribution is 5.84. The smallest absolute Gasteiger partial charge is 0.169 e. The lowest BCUT2D eigenvalue weighted by molar-refractivity contribution is 0.00143. The normalized spacial score (nSPS) is 20.8. The van der Waals surface area contributed by atoms with Gasteiger partial charge >= 0.3 is 0 Å². The number of fused-ring (bicyclic) bond motifs is 1. The zero-order chi connectivity index (χ0) is 14.7. The molecule has 1 saturated heterocycles. The minimum absolute atomic E-state index is 0.127. The van der Waals surface area contributed by atoms with Crippen LogP contribution in [0.2, 0.25) is 0 Å². The molecule has 1 aliphatic heterocycles. The van der Waals surface area contributed by atoms with Gasteiger partial charge in [-0.25, -0.2) is 0 Å². The van der Waals surface area contributed by atoms with Crippen LogP contribution < -0.4 is 5.73 Å². The molecule has 2 heterocycles. The van der Waals surface area contributed by atoms with Gasteiger partial charge in [-0.2, -0.15) is 0 Å². The summed E-state index contributed by atoms with van der Waals surface area (Å²) in [4.78, 5) is 6.56. The highest BCUT2D eigenvalue weighted by Gasteiger charge is 2.23. The van der Waals surface area contributed by atoms with E-state index in [9.17, 15) is 0 Å². The second-order valence-electron chi connectivity index (χ2n) is 5.15. The minimum atomic E-state index is -0.342. The van der Waals surface area contributed by atoms with Crippen molar-refractivity contribution in [3.05, 3.63) is 42.1 Å². The maximum Gasteiger partial charge on any atom is 0.169 e. The first-order valence-electron chi connectivity index (χ1n) is 6.91. The largest absolute Gasteiger partial charge is 0.409 e. The first kappa shape index (κ1) is 13.8. The summed E-state index contributed by atoms with van der Waals surface area (Å²) < 4.78 is 5.50. The molecule has 6 heteroatoms. The monoisotopic (exact) mass is 286 g/mol. The number of hydrogen-bond acceptors (Lipinski definition) is 5. The van der Waals surface area contributed by atoms with Crippen molar-refractivity contribution in [2.75, 3.05) is 19.7 Å². The van der Waals surface area contributed by atoms with Crippen LogP contribution >= 0.6 is 0 Å². The highest BCUT2D eigenvalue weighted by atomic mass is 16.5. The molecule has 1 unspecified atom stereocenters. The fourth-order valence-corrected chi connectivity index (χ4v) is 2.57. The van der Waals surface area contributed by atoms with Crippen molar-refractivity contribution in [3.8, 4) is 0 Å². The van der Waals surface area contributed by atoms with Crippen molar-refractivity contribution in [3.63, 3.8) is 0 Å². The summed E-state index contributed by atoms with van der Waals surface area (Å²) in [5, 5.41) is 12.9. The summed E-state index contributed by atoms with van der Waals surface area (Å²) in [5.74, 6) is 0.127. The number of nitrogens with zero attached hydrogens (tertiary/aromatic N) is 3. The van der Waals surface area contributed by atoms with E-state index in [-0.39, 0.29) is 11.9 Å². The fourth-order valence-electron chi connectivity index (χ4n) is 2.57. The van der Waals surface area contributed by atoms with E-state index in [1.807, 2.05) is 12.1 Å². The van der Waals surface area contributed by atoms with Crippen molar-refractivity contribution >= 4 is 16.7 Å². The molecule has 3 rings (SSSR count). The van der Waals surface area contributed by atoms with Gasteiger partial charge in [0.05, 0.1) is 12.1 Å². The van der Waals surface area contributed by atoms with Crippen LogP contribution in [0.4, 0.5) is 0 Å². The van der Waals surface area contributed by atoms with Crippen LogP contribution in [0.1, 0.15) is 5.56 Å². The van der Waals surface area contributed by atoms with Gasteiger partial charge in [-0.05, 0) is 23.8 Å². The van der Waals surface area contributed by atoms with Crippen LogP contribution in [0.15, 0.2) is 41.7 Å². The summed E-state index contributed by atoms with van der Waals surface area (Å²) in [6.45, 7) is 2.85. The molecule has 1 aromatic carbocycles. The molecule has 0 saturated carbocycles. The third kappa shape index (κ3) is 3.12. The maximum atomic E-state index is 8.74. The van der Waals surface area contributed by atoms with Gasteiger partial charge < -0.3 is 15.7 Å². The predicted octanol–water partition coefficient (Wildman–Crippen LogP) is 1.18. The number of aromatic nitrogens is 1. The van der Waals surface area contributed by atoms with Gasteiger partial charge in [0.15, 0.2) is 5.84 Å². The number of oxime groups is 1. The molecule has 110 valence electrons. The van der Waals surface area contributed by atoms with Gasteiger partial charge in [-0.15, -0.1) is 0 Å². The summed E-state index contributed by atoms with van der Waals surface area (Å²) in [6.07, 6.45) is 1.46. The van der Waals surface area contributed by atoms with Gasteiger partial charge in [0.2, 0.25) is 0 Å². The molecule has 6 nitrogen and oxygen atoms in total. The van der Waals surface area contributed by atoms with Gasteiger partial charge in [0, 0.05) is 31.2 Å². The number of pyridine rings is 1. The van der Waals surface area contributed by atoms with E-state index in [2.05, 4.69) is 33.2 Å². The van der Waals surface area contributed by atoms with Crippen molar-refractivity contribution in [2.24, 2.45) is 10.9 Å². The lowest BCUT2D eigenvalue weighted by Gasteiger charge is -2.32. The van der Waals surface area contributed by atoms with Crippen molar-refractivity contribution < 1.29 is 9.94 Å². The Morgan fingerprint density at radius 3 is 3.24 bits per heavy atom. The van der Waals surface area contributed by atoms with Gasteiger partial charge in [0.1, 0.15) is 6.10 Å². The first-order chi connectivity index (χ1) is 10.3. The van der Waals surface area contributed by atoms with Crippen LogP contribution in [-0.2, 0) is 11.3 Å². The van der Waals surface area contributed by atoms with Crippen LogP contribution in [-0.4, -0.2) is 46.7 Å². The summed E-state index contributed by atoms with van der Waals surface area (Å²) >= 11 is 0. The van der Waals surface area contributed by atoms with E-state index in [4.69, 9.17) is 15.7 Å². The average Bonchev–Trinajstić information content (AvgIpc) is 2.54. The number of rotatable bonds is 3. The number of ether oxygens (including phenoxy) is 1. The van der Waals surface area contributed by atoms with Gasteiger partial charge in [0.25, 0.3) is 0 Å². The molecule has 21 heavy (non-hydrogen) atoms. The Morgan fingerprint density at radius 2 is 2.38 bits per heavy atom. The van der Waals surface area contributed by atoms with E-state index >= 15 is 0 Å². The van der Waals surface area contributed by atoms with Gasteiger partial charge in [-0.3, -0.25) is 9.88 Å². The van der Waals surface area contributed by atoms with E-state index < -0.39 is 0 Å². The Kier molecular flexibility index (Phi) is 3.98. The molecule has 2 aromatic rings. The number of benzene rings is 1. The van der Waals surface area contributed by atoms with E-state index in [1.165, 1.54) is 5.56 Å². The van der Waals surface area contributed by atoms with E-state index in [1.54, 1.807) is 6.20 Å². The molecule has 0 bridgehead atoms. The zero-order valence-corrected chi connectivity index (χ0v) is 11.6. The molecule has 1 aliphatic rings. The van der Waals surface area contributed by atoms with Crippen molar-refractivity contribution in [1.82, 2.24) is 9.88 Å². The highest BCUT2D eigenvalue weighted by Crippen LogP contribution is 2.16. The average molecular weight is 286 g/mol. The second-order valence-corrected chi connectivity index (χ2v) is 5.15. The summed E-state index contributed by atoms with van der Waals surface area (Å²) in [5.41, 5.74) is 7.83. The fraction of sp³-hybridized carbons (Fsp3) is 0.333. The molecule has 0 aliphatic carbocycles. The zero-order valence-electron chi connectivity index (χ0n) is 11.6. The van der Waals surface area contributed by atoms with Crippen LogP contribution in [0.5, 0.6) is 0 Å². The van der Waals surface area contributed by atoms with Crippen LogP contribution in [0.25, 0.3) is 10.9 Å². The van der Waals surface area contributed by atoms with E-state index in [0.717, 1.165) is 24.0 Å². The Morgan fingerprint density at radius 1 is 1.48 bits per heavy atom. The number of nitrogens with two attached hydrogens (primary N) is 1. The molecule has 1 fully saturated rings. The van der Waals surface area contributed by atoms with Crippen molar-refractivity contribution in [1.29, 1.82) is 0 Å². The number of amidine groups is 1. The quantitative estimate of drug-likeness (QED) is 0.383. The number of morpholine rings is 1. The third-order valence-electron chi connectivity index (χ3n) is 3.67. The molecular formula is C15H18N4O2. The molecule has 0 amide bonds. The topological polar surface area (TPSA) is 84.0 Å². The summed E-state index contributed by atoms with van der Waals surface area (Å²) in [7, 11) is 0. The maximum absolute atomic E-state index is 8.74. The minimum Gasteiger partial charge on any atom is -0.409 e. The number of hydrogen-bond donors (Lipinski definition) is 2. The molecule has 0 radical (unpaired) electrons. The standard InChI is InChI=1S/C15H18N4O2/c16-15(18-20)14-10-19(6-7-21-14)9-11-3-4-13-12(8-11)2-1-5-17-13/h1-5,8,14,20H,6-7,9-10H2,(H2,16,18).